The monoisotopic (exact) mass is 559 g/mol. The highest BCUT2D eigenvalue weighted by molar-refractivity contribution is 7.92. The number of halogens is 2. The van der Waals surface area contributed by atoms with E-state index in [0.717, 1.165) is 28.3 Å². The number of nitrogens with zero attached hydrogens (tertiary/aromatic N) is 2. The van der Waals surface area contributed by atoms with Crippen molar-refractivity contribution in [2.24, 2.45) is 0 Å². The first-order chi connectivity index (χ1) is 17.9. The van der Waals surface area contributed by atoms with Crippen molar-refractivity contribution in [3.63, 3.8) is 0 Å². The molecule has 0 saturated heterocycles. The molecule has 1 atom stereocenters. The van der Waals surface area contributed by atoms with E-state index in [4.69, 9.17) is 11.6 Å². The molecule has 0 aliphatic carbocycles. The molecule has 0 fully saturated rings. The van der Waals surface area contributed by atoms with E-state index >= 15 is 0 Å². The second kappa shape index (κ2) is 12.9. The first-order valence-corrected chi connectivity index (χ1v) is 14.3. The van der Waals surface area contributed by atoms with Crippen molar-refractivity contribution in [2.45, 2.75) is 38.9 Å². The highest BCUT2D eigenvalue weighted by Crippen LogP contribution is 2.21. The molecule has 38 heavy (non-hydrogen) atoms. The number of rotatable bonds is 11. The van der Waals surface area contributed by atoms with Gasteiger partial charge in [0.1, 0.15) is 18.4 Å². The quantitative estimate of drug-likeness (QED) is 0.377. The molecule has 3 aromatic rings. The summed E-state index contributed by atoms with van der Waals surface area (Å²) >= 11 is 6.18. The van der Waals surface area contributed by atoms with Gasteiger partial charge in [-0.1, -0.05) is 54.1 Å². The Bertz CT molecular complexity index is 1350. The number of hydrogen-bond donors (Lipinski definition) is 1. The van der Waals surface area contributed by atoms with Crippen molar-refractivity contribution in [1.82, 2.24) is 10.2 Å². The number of carbonyl (C=O) groups excluding carboxylic acids is 2. The highest BCUT2D eigenvalue weighted by atomic mass is 35.5. The normalized spacial score (nSPS) is 12.2. The lowest BCUT2D eigenvalue weighted by Gasteiger charge is -2.34. The zero-order valence-electron chi connectivity index (χ0n) is 21.5. The predicted molar refractivity (Wildman–Crippen MR) is 148 cm³/mol. The van der Waals surface area contributed by atoms with Gasteiger partial charge in [0, 0.05) is 24.0 Å². The molecule has 1 N–H and O–H groups in total. The summed E-state index contributed by atoms with van der Waals surface area (Å²) in [5.41, 5.74) is 1.64. The highest BCUT2D eigenvalue weighted by Gasteiger charge is 2.33. The van der Waals surface area contributed by atoms with Crippen LogP contribution in [0.3, 0.4) is 0 Å². The van der Waals surface area contributed by atoms with Gasteiger partial charge >= 0.3 is 0 Å². The summed E-state index contributed by atoms with van der Waals surface area (Å²) in [5.74, 6) is -1.50. The van der Waals surface area contributed by atoms with Crippen LogP contribution in [0.4, 0.5) is 10.1 Å². The lowest BCUT2D eigenvalue weighted by Crippen LogP contribution is -2.54. The fourth-order valence-corrected chi connectivity index (χ4v) is 5.05. The maximum absolute atomic E-state index is 13.9. The molecule has 0 heterocycles. The van der Waals surface area contributed by atoms with Crippen LogP contribution < -0.4 is 9.62 Å². The molecule has 1 unspecified atom stereocenters. The van der Waals surface area contributed by atoms with Gasteiger partial charge < -0.3 is 10.2 Å². The lowest BCUT2D eigenvalue weighted by molar-refractivity contribution is -0.140. The topological polar surface area (TPSA) is 86.8 Å². The number of sulfonamides is 1. The standard InChI is InChI=1S/C28H31ClFN3O4S/c1-20(2)31-28(35)26(17-21-8-5-4-6-9-21)32(18-22-10-7-11-23(29)16-22)27(34)19-33(38(3,36)37)25-14-12-24(30)13-15-25/h4-16,20,26H,17-19H2,1-3H3,(H,31,35). The minimum atomic E-state index is -3.92. The van der Waals surface area contributed by atoms with Gasteiger partial charge in [0.15, 0.2) is 0 Å². The van der Waals surface area contributed by atoms with Crippen LogP contribution >= 0.6 is 11.6 Å². The van der Waals surface area contributed by atoms with Crippen LogP contribution in [0.2, 0.25) is 5.02 Å². The second-order valence-electron chi connectivity index (χ2n) is 9.27. The Hall–Kier alpha value is -3.43. The minimum Gasteiger partial charge on any atom is -0.352 e. The van der Waals surface area contributed by atoms with Gasteiger partial charge in [-0.05, 0) is 61.4 Å². The van der Waals surface area contributed by atoms with Crippen LogP contribution in [0.5, 0.6) is 0 Å². The largest absolute Gasteiger partial charge is 0.352 e. The van der Waals surface area contributed by atoms with Gasteiger partial charge in [-0.15, -0.1) is 0 Å². The van der Waals surface area contributed by atoms with E-state index in [-0.39, 0.29) is 30.6 Å². The van der Waals surface area contributed by atoms with E-state index in [2.05, 4.69) is 5.32 Å². The molecule has 0 spiro atoms. The van der Waals surface area contributed by atoms with Crippen LogP contribution in [0.25, 0.3) is 0 Å². The molecule has 0 radical (unpaired) electrons. The maximum atomic E-state index is 13.9. The van der Waals surface area contributed by atoms with Crippen molar-refractivity contribution < 1.29 is 22.4 Å². The van der Waals surface area contributed by atoms with E-state index in [1.807, 2.05) is 44.2 Å². The van der Waals surface area contributed by atoms with Gasteiger partial charge in [0.05, 0.1) is 11.9 Å². The Labute approximate surface area is 228 Å². The zero-order valence-corrected chi connectivity index (χ0v) is 23.0. The van der Waals surface area contributed by atoms with Crippen LogP contribution in [-0.2, 0) is 32.6 Å². The summed E-state index contributed by atoms with van der Waals surface area (Å²) in [6.07, 6.45) is 1.18. The van der Waals surface area contributed by atoms with Gasteiger partial charge in [-0.3, -0.25) is 13.9 Å². The first kappa shape index (κ1) is 29.1. The van der Waals surface area contributed by atoms with Crippen LogP contribution in [-0.4, -0.2) is 50.0 Å². The summed E-state index contributed by atoms with van der Waals surface area (Å²) in [7, 11) is -3.92. The molecule has 3 aromatic carbocycles. The van der Waals surface area contributed by atoms with Crippen molar-refractivity contribution in [3.05, 3.63) is 101 Å². The lowest BCUT2D eigenvalue weighted by atomic mass is 10.0. The molecule has 0 aliphatic rings. The number of carbonyl (C=O) groups is 2. The Morgan fingerprint density at radius 3 is 2.16 bits per heavy atom. The van der Waals surface area contributed by atoms with E-state index in [0.29, 0.717) is 10.6 Å². The molecular weight excluding hydrogens is 529 g/mol. The third-order valence-corrected chi connectivity index (χ3v) is 7.11. The summed E-state index contributed by atoms with van der Waals surface area (Å²) in [6.45, 7) is 3.08. The molecule has 0 aromatic heterocycles. The number of nitrogens with one attached hydrogen (secondary N) is 1. The average Bonchev–Trinajstić information content (AvgIpc) is 2.85. The van der Waals surface area contributed by atoms with Crippen molar-refractivity contribution >= 4 is 39.1 Å². The van der Waals surface area contributed by atoms with E-state index in [1.165, 1.54) is 17.0 Å². The summed E-state index contributed by atoms with van der Waals surface area (Å²) in [5, 5.41) is 3.35. The van der Waals surface area contributed by atoms with Crippen molar-refractivity contribution in [3.8, 4) is 0 Å². The maximum Gasteiger partial charge on any atom is 0.244 e. The van der Waals surface area contributed by atoms with E-state index in [1.54, 1.807) is 24.3 Å². The average molecular weight is 560 g/mol. The molecule has 7 nitrogen and oxygen atoms in total. The van der Waals surface area contributed by atoms with Crippen LogP contribution in [0, 0.1) is 5.82 Å². The number of amides is 2. The molecule has 202 valence electrons. The third kappa shape index (κ3) is 8.29. The van der Waals surface area contributed by atoms with Crippen molar-refractivity contribution in [2.75, 3.05) is 17.1 Å². The molecular formula is C28H31ClFN3O4S. The van der Waals surface area contributed by atoms with Gasteiger partial charge in [-0.25, -0.2) is 12.8 Å². The fourth-order valence-electron chi connectivity index (χ4n) is 3.99. The molecule has 10 heteroatoms. The van der Waals surface area contributed by atoms with Gasteiger partial charge in [0.2, 0.25) is 21.8 Å². The SMILES string of the molecule is CC(C)NC(=O)C(Cc1ccccc1)N(Cc1cccc(Cl)c1)C(=O)CN(c1ccc(F)cc1)S(C)(=O)=O. The van der Waals surface area contributed by atoms with Crippen LogP contribution in [0.15, 0.2) is 78.9 Å². The molecule has 3 rings (SSSR count). The number of anilines is 1. The Morgan fingerprint density at radius 2 is 1.58 bits per heavy atom. The van der Waals surface area contributed by atoms with E-state index in [9.17, 15) is 22.4 Å². The Balaban J connectivity index is 2.05. The zero-order chi connectivity index (χ0) is 27.9. The number of hydrogen-bond acceptors (Lipinski definition) is 4. The first-order valence-electron chi connectivity index (χ1n) is 12.1. The van der Waals surface area contributed by atoms with Crippen LogP contribution in [0.1, 0.15) is 25.0 Å². The molecule has 0 saturated carbocycles. The Kier molecular flexibility index (Phi) is 9.88. The predicted octanol–water partition coefficient (Wildman–Crippen LogP) is 4.41. The van der Waals surface area contributed by atoms with Crippen molar-refractivity contribution in [1.29, 1.82) is 0 Å². The van der Waals surface area contributed by atoms with Gasteiger partial charge in [0.25, 0.3) is 0 Å². The molecule has 2 amide bonds. The molecule has 0 bridgehead atoms. The molecule has 0 aliphatic heterocycles. The summed E-state index contributed by atoms with van der Waals surface area (Å²) < 4.78 is 39.8. The van der Waals surface area contributed by atoms with E-state index < -0.39 is 34.3 Å². The smallest absolute Gasteiger partial charge is 0.244 e. The fraction of sp³-hybridized carbons (Fsp3) is 0.286. The number of benzene rings is 3. The Morgan fingerprint density at radius 1 is 0.947 bits per heavy atom. The third-order valence-electron chi connectivity index (χ3n) is 5.74. The van der Waals surface area contributed by atoms with Gasteiger partial charge in [-0.2, -0.15) is 0 Å². The summed E-state index contributed by atoms with van der Waals surface area (Å²) in [6, 6.07) is 19.9. The second-order valence-corrected chi connectivity index (χ2v) is 11.6. The summed E-state index contributed by atoms with van der Waals surface area (Å²) in [4.78, 5) is 28.7. The minimum absolute atomic E-state index is 0.0173.